The van der Waals surface area contributed by atoms with Crippen molar-refractivity contribution in [2.24, 2.45) is 0 Å². The molecule has 2 heterocycles. The van der Waals surface area contributed by atoms with Gasteiger partial charge >= 0.3 is 0 Å². The number of hydrogen-bond acceptors (Lipinski definition) is 5. The molecule has 1 aliphatic carbocycles. The van der Waals surface area contributed by atoms with Crippen LogP contribution in [-0.2, 0) is 6.54 Å². The van der Waals surface area contributed by atoms with Crippen molar-refractivity contribution >= 4 is 22.5 Å². The number of fused-ring (bicyclic) bond motifs is 1. The summed E-state index contributed by atoms with van der Waals surface area (Å²) in [6, 6.07) is 3.45. The first kappa shape index (κ1) is 15.3. The standard InChI is InChI=1S/C17H17ClN4O2/c1-10-6-12(18)7-13-15(10)19-9-22(17(13)23)8-14-20-16(24-21-14)11-4-2-3-5-11/h6-7,9,11H,2-5,8H2,1H3. The van der Waals surface area contributed by atoms with Gasteiger partial charge in [-0.05, 0) is 37.5 Å². The van der Waals surface area contributed by atoms with Gasteiger partial charge in [-0.15, -0.1) is 0 Å². The normalized spacial score (nSPS) is 15.4. The van der Waals surface area contributed by atoms with Gasteiger partial charge in [0.1, 0.15) is 0 Å². The Morgan fingerprint density at radius 3 is 2.92 bits per heavy atom. The highest BCUT2D eigenvalue weighted by Gasteiger charge is 2.23. The van der Waals surface area contributed by atoms with E-state index in [0.717, 1.165) is 18.4 Å². The minimum absolute atomic E-state index is 0.155. The van der Waals surface area contributed by atoms with E-state index < -0.39 is 0 Å². The third-order valence-electron chi connectivity index (χ3n) is 4.58. The van der Waals surface area contributed by atoms with Crippen LogP contribution >= 0.6 is 11.6 Å². The highest BCUT2D eigenvalue weighted by molar-refractivity contribution is 6.31. The summed E-state index contributed by atoms with van der Waals surface area (Å²) >= 11 is 6.07. The maximum absolute atomic E-state index is 12.7. The minimum Gasteiger partial charge on any atom is -0.339 e. The average Bonchev–Trinajstić information content (AvgIpc) is 3.21. The monoisotopic (exact) mass is 344 g/mol. The third kappa shape index (κ3) is 2.71. The molecule has 2 aromatic heterocycles. The number of rotatable bonds is 3. The number of benzene rings is 1. The molecule has 0 amide bonds. The molecule has 24 heavy (non-hydrogen) atoms. The molecule has 6 nitrogen and oxygen atoms in total. The van der Waals surface area contributed by atoms with Crippen LogP contribution in [-0.4, -0.2) is 19.7 Å². The van der Waals surface area contributed by atoms with E-state index in [1.807, 2.05) is 6.92 Å². The minimum atomic E-state index is -0.155. The lowest BCUT2D eigenvalue weighted by Gasteiger charge is -2.06. The van der Waals surface area contributed by atoms with Crippen molar-refractivity contribution in [2.45, 2.75) is 45.1 Å². The molecule has 0 N–H and O–H groups in total. The van der Waals surface area contributed by atoms with Crippen LogP contribution < -0.4 is 5.56 Å². The molecule has 124 valence electrons. The largest absolute Gasteiger partial charge is 0.339 e. The molecule has 1 aromatic carbocycles. The van der Waals surface area contributed by atoms with Crippen molar-refractivity contribution in [2.75, 3.05) is 0 Å². The van der Waals surface area contributed by atoms with Gasteiger partial charge in [0, 0.05) is 10.9 Å². The Morgan fingerprint density at radius 1 is 1.33 bits per heavy atom. The van der Waals surface area contributed by atoms with Crippen LogP contribution in [0.2, 0.25) is 5.02 Å². The molecule has 0 aliphatic heterocycles. The Labute approximate surface area is 143 Å². The van der Waals surface area contributed by atoms with Gasteiger partial charge in [0.2, 0.25) is 5.89 Å². The summed E-state index contributed by atoms with van der Waals surface area (Å²) < 4.78 is 6.86. The maximum atomic E-state index is 12.7. The van der Waals surface area contributed by atoms with Crippen LogP contribution in [0.25, 0.3) is 10.9 Å². The first-order chi connectivity index (χ1) is 11.6. The van der Waals surface area contributed by atoms with Gasteiger partial charge in [-0.1, -0.05) is 29.6 Å². The number of halogens is 1. The lowest BCUT2D eigenvalue weighted by atomic mass is 10.1. The van der Waals surface area contributed by atoms with Gasteiger partial charge in [-0.2, -0.15) is 4.98 Å². The second-order valence-electron chi connectivity index (χ2n) is 6.33. The lowest BCUT2D eigenvalue weighted by Crippen LogP contribution is -2.22. The van der Waals surface area contributed by atoms with Gasteiger partial charge in [0.15, 0.2) is 5.82 Å². The zero-order valence-electron chi connectivity index (χ0n) is 13.3. The first-order valence-corrected chi connectivity index (χ1v) is 8.47. The zero-order chi connectivity index (χ0) is 16.7. The summed E-state index contributed by atoms with van der Waals surface area (Å²) in [6.45, 7) is 2.13. The molecule has 3 aromatic rings. The molecule has 1 fully saturated rings. The topological polar surface area (TPSA) is 73.8 Å². The number of aromatic nitrogens is 4. The molecule has 0 spiro atoms. The van der Waals surface area contributed by atoms with Crippen LogP contribution in [0.1, 0.15) is 48.9 Å². The second-order valence-corrected chi connectivity index (χ2v) is 6.76. The van der Waals surface area contributed by atoms with E-state index in [1.165, 1.54) is 23.7 Å². The van der Waals surface area contributed by atoms with Crippen molar-refractivity contribution < 1.29 is 4.52 Å². The van der Waals surface area contributed by atoms with Gasteiger partial charge in [0.05, 0.1) is 23.8 Å². The molecule has 0 saturated heterocycles. The Kier molecular flexibility index (Phi) is 3.84. The molecule has 1 aliphatic rings. The molecule has 4 rings (SSSR count). The van der Waals surface area contributed by atoms with Crippen LogP contribution in [0.5, 0.6) is 0 Å². The quantitative estimate of drug-likeness (QED) is 0.727. The predicted molar refractivity (Wildman–Crippen MR) is 90.4 cm³/mol. The Hall–Kier alpha value is -2.21. The molecular weight excluding hydrogens is 328 g/mol. The predicted octanol–water partition coefficient (Wildman–Crippen LogP) is 3.45. The summed E-state index contributed by atoms with van der Waals surface area (Å²) in [5.41, 5.74) is 1.39. The van der Waals surface area contributed by atoms with E-state index in [1.54, 1.807) is 12.1 Å². The van der Waals surface area contributed by atoms with Gasteiger partial charge in [0.25, 0.3) is 5.56 Å². The van der Waals surface area contributed by atoms with Crippen molar-refractivity contribution in [3.8, 4) is 0 Å². The van der Waals surface area contributed by atoms with Crippen LogP contribution in [0.15, 0.2) is 27.8 Å². The fourth-order valence-electron chi connectivity index (χ4n) is 3.34. The lowest BCUT2D eigenvalue weighted by molar-refractivity contribution is 0.349. The number of nitrogens with zero attached hydrogens (tertiary/aromatic N) is 4. The van der Waals surface area contributed by atoms with E-state index in [2.05, 4.69) is 15.1 Å². The van der Waals surface area contributed by atoms with Crippen molar-refractivity contribution in [3.63, 3.8) is 0 Å². The van der Waals surface area contributed by atoms with Gasteiger partial charge in [-0.25, -0.2) is 4.98 Å². The number of aryl methyl sites for hydroxylation is 1. The van der Waals surface area contributed by atoms with E-state index >= 15 is 0 Å². The summed E-state index contributed by atoms with van der Waals surface area (Å²) in [7, 11) is 0. The summed E-state index contributed by atoms with van der Waals surface area (Å²) in [4.78, 5) is 21.5. The Bertz CT molecular complexity index is 957. The van der Waals surface area contributed by atoms with Crippen LogP contribution in [0.4, 0.5) is 0 Å². The zero-order valence-corrected chi connectivity index (χ0v) is 14.1. The molecule has 0 atom stereocenters. The van der Waals surface area contributed by atoms with Crippen LogP contribution in [0, 0.1) is 6.92 Å². The van der Waals surface area contributed by atoms with Gasteiger partial charge in [-0.3, -0.25) is 9.36 Å². The van der Waals surface area contributed by atoms with Gasteiger partial charge < -0.3 is 4.52 Å². The Morgan fingerprint density at radius 2 is 2.12 bits per heavy atom. The molecule has 0 unspecified atom stereocenters. The first-order valence-electron chi connectivity index (χ1n) is 8.09. The molecular formula is C17H17ClN4O2. The summed E-state index contributed by atoms with van der Waals surface area (Å²) in [5.74, 6) is 1.54. The average molecular weight is 345 g/mol. The van der Waals surface area contributed by atoms with Crippen LogP contribution in [0.3, 0.4) is 0 Å². The summed E-state index contributed by atoms with van der Waals surface area (Å²) in [5, 5.41) is 5.04. The maximum Gasteiger partial charge on any atom is 0.261 e. The van der Waals surface area contributed by atoms with Crippen molar-refractivity contribution in [1.82, 2.24) is 19.7 Å². The highest BCUT2D eigenvalue weighted by Crippen LogP contribution is 2.32. The van der Waals surface area contributed by atoms with E-state index in [0.29, 0.717) is 33.6 Å². The molecule has 0 bridgehead atoms. The number of hydrogen-bond donors (Lipinski definition) is 0. The van der Waals surface area contributed by atoms with Crippen molar-refractivity contribution in [3.05, 3.63) is 51.1 Å². The Balaban J connectivity index is 1.67. The third-order valence-corrected chi connectivity index (χ3v) is 4.80. The van der Waals surface area contributed by atoms with E-state index in [9.17, 15) is 4.79 Å². The summed E-state index contributed by atoms with van der Waals surface area (Å²) in [6.07, 6.45) is 6.12. The van der Waals surface area contributed by atoms with E-state index in [-0.39, 0.29) is 12.1 Å². The second kappa shape index (κ2) is 6.02. The fourth-order valence-corrected chi connectivity index (χ4v) is 3.61. The SMILES string of the molecule is Cc1cc(Cl)cc2c(=O)n(Cc3noc(C4CCCC4)n3)cnc12. The smallest absolute Gasteiger partial charge is 0.261 e. The molecule has 0 radical (unpaired) electrons. The fraction of sp³-hybridized carbons (Fsp3) is 0.412. The van der Waals surface area contributed by atoms with Crippen molar-refractivity contribution in [1.29, 1.82) is 0 Å². The van der Waals surface area contributed by atoms with E-state index in [4.69, 9.17) is 16.1 Å². The molecule has 1 saturated carbocycles. The highest BCUT2D eigenvalue weighted by atomic mass is 35.5. The molecule has 7 heteroatoms.